The molecule has 1 aliphatic heterocycles. The van der Waals surface area contributed by atoms with Crippen LogP contribution in [0, 0.1) is 11.3 Å². The highest BCUT2D eigenvalue weighted by atomic mass is 16.7. The second-order valence-corrected chi connectivity index (χ2v) is 4.55. The minimum Gasteiger partial charge on any atom is -0.454 e. The van der Waals surface area contributed by atoms with Crippen LogP contribution in [0.3, 0.4) is 0 Å². The fourth-order valence-corrected chi connectivity index (χ4v) is 2.18. The van der Waals surface area contributed by atoms with Crippen LogP contribution in [0.4, 0.5) is 0 Å². The normalized spacial score (nSPS) is 12.4. The van der Waals surface area contributed by atoms with Gasteiger partial charge in [-0.1, -0.05) is 18.6 Å². The van der Waals surface area contributed by atoms with Gasteiger partial charge in [-0.2, -0.15) is 5.26 Å². The van der Waals surface area contributed by atoms with Gasteiger partial charge in [0.25, 0.3) is 0 Å². The Morgan fingerprint density at radius 2 is 2.20 bits per heavy atom. The highest BCUT2D eigenvalue weighted by Gasteiger charge is 2.18. The van der Waals surface area contributed by atoms with E-state index >= 15 is 0 Å². The summed E-state index contributed by atoms with van der Waals surface area (Å²) in [6, 6.07) is 7.68. The third kappa shape index (κ3) is 2.07. The van der Waals surface area contributed by atoms with Crippen LogP contribution in [-0.2, 0) is 6.42 Å². The Morgan fingerprint density at radius 3 is 3.00 bits per heavy atom. The summed E-state index contributed by atoms with van der Waals surface area (Å²) in [7, 11) is 0. The van der Waals surface area contributed by atoms with Gasteiger partial charge in [-0.15, -0.1) is 5.10 Å². The third-order valence-corrected chi connectivity index (χ3v) is 3.24. The summed E-state index contributed by atoms with van der Waals surface area (Å²) in [6.45, 7) is 2.35. The van der Waals surface area contributed by atoms with Crippen molar-refractivity contribution in [3.8, 4) is 23.3 Å². The smallest absolute Gasteiger partial charge is 0.231 e. The molecule has 0 spiro atoms. The van der Waals surface area contributed by atoms with Crippen molar-refractivity contribution < 1.29 is 9.47 Å². The van der Waals surface area contributed by atoms with Crippen molar-refractivity contribution in [2.45, 2.75) is 26.2 Å². The molecule has 0 saturated heterocycles. The Balaban J connectivity index is 2.01. The fourth-order valence-electron chi connectivity index (χ4n) is 2.18. The Labute approximate surface area is 116 Å². The van der Waals surface area contributed by atoms with E-state index in [4.69, 9.17) is 14.7 Å². The van der Waals surface area contributed by atoms with Crippen molar-refractivity contribution >= 4 is 0 Å². The van der Waals surface area contributed by atoms with Gasteiger partial charge in [0, 0.05) is 6.07 Å². The maximum atomic E-state index is 9.12. The minimum atomic E-state index is 0.238. The van der Waals surface area contributed by atoms with Gasteiger partial charge in [0.05, 0.1) is 11.4 Å². The first kappa shape index (κ1) is 12.5. The molecule has 1 aromatic carbocycles. The van der Waals surface area contributed by atoms with Crippen molar-refractivity contribution in [3.05, 3.63) is 29.6 Å². The maximum absolute atomic E-state index is 9.12. The zero-order valence-corrected chi connectivity index (χ0v) is 11.2. The molecule has 2 heterocycles. The molecule has 1 aliphatic rings. The Bertz CT molecular complexity index is 672. The average molecular weight is 270 g/mol. The van der Waals surface area contributed by atoms with Crippen molar-refractivity contribution in [1.82, 2.24) is 15.0 Å². The van der Waals surface area contributed by atoms with E-state index in [0.717, 1.165) is 36.4 Å². The van der Waals surface area contributed by atoms with Crippen LogP contribution in [0.2, 0.25) is 0 Å². The van der Waals surface area contributed by atoms with E-state index in [9.17, 15) is 0 Å². The van der Waals surface area contributed by atoms with E-state index in [1.54, 1.807) is 4.68 Å². The highest BCUT2D eigenvalue weighted by Crippen LogP contribution is 2.33. The summed E-state index contributed by atoms with van der Waals surface area (Å²) in [5.41, 5.74) is 2.05. The molecule has 6 heteroatoms. The number of hydrogen-bond acceptors (Lipinski definition) is 5. The summed E-state index contributed by atoms with van der Waals surface area (Å²) in [4.78, 5) is 0. The van der Waals surface area contributed by atoms with Gasteiger partial charge in [-0.25, -0.2) is 4.68 Å². The molecule has 0 atom stereocenters. The number of rotatable bonds is 4. The fraction of sp³-hybridized carbons (Fsp3) is 0.357. The van der Waals surface area contributed by atoms with Gasteiger partial charge in [0.1, 0.15) is 6.07 Å². The standard InChI is InChI=1S/C14H14N4O2/c1-2-3-4-12-11(8-15)16-17-18(12)10-5-6-13-14(7-10)20-9-19-13/h5-7H,2-4,9H2,1H3. The lowest BCUT2D eigenvalue weighted by Crippen LogP contribution is -2.03. The lowest BCUT2D eigenvalue weighted by molar-refractivity contribution is 0.174. The molecule has 2 aromatic rings. The first-order chi connectivity index (χ1) is 9.83. The van der Waals surface area contributed by atoms with Crippen LogP contribution in [-0.4, -0.2) is 21.8 Å². The van der Waals surface area contributed by atoms with Crippen LogP contribution in [0.1, 0.15) is 31.2 Å². The Morgan fingerprint density at radius 1 is 1.35 bits per heavy atom. The number of benzene rings is 1. The molecule has 20 heavy (non-hydrogen) atoms. The summed E-state index contributed by atoms with van der Waals surface area (Å²) < 4.78 is 12.4. The van der Waals surface area contributed by atoms with E-state index in [0.29, 0.717) is 11.4 Å². The Hall–Kier alpha value is -2.55. The van der Waals surface area contributed by atoms with Crippen LogP contribution in [0.5, 0.6) is 11.5 Å². The van der Waals surface area contributed by atoms with Crippen molar-refractivity contribution in [3.63, 3.8) is 0 Å². The van der Waals surface area contributed by atoms with Gasteiger partial charge in [-0.05, 0) is 25.0 Å². The first-order valence-electron chi connectivity index (χ1n) is 6.58. The highest BCUT2D eigenvalue weighted by molar-refractivity contribution is 5.50. The Kier molecular flexibility index (Phi) is 3.25. The summed E-state index contributed by atoms with van der Waals surface area (Å²) >= 11 is 0. The monoisotopic (exact) mass is 270 g/mol. The van der Waals surface area contributed by atoms with E-state index in [1.165, 1.54) is 0 Å². The lowest BCUT2D eigenvalue weighted by Gasteiger charge is -2.07. The zero-order chi connectivity index (χ0) is 13.9. The SMILES string of the molecule is CCCCc1c(C#N)nnn1-c1ccc2c(c1)OCO2. The molecular weight excluding hydrogens is 256 g/mol. The summed E-state index contributed by atoms with van der Waals surface area (Å²) in [5.74, 6) is 1.42. The van der Waals surface area contributed by atoms with Gasteiger partial charge in [0.15, 0.2) is 17.2 Å². The number of fused-ring (bicyclic) bond motifs is 1. The molecule has 102 valence electrons. The van der Waals surface area contributed by atoms with Gasteiger partial charge >= 0.3 is 0 Å². The van der Waals surface area contributed by atoms with E-state index < -0.39 is 0 Å². The van der Waals surface area contributed by atoms with Crippen molar-refractivity contribution in [1.29, 1.82) is 5.26 Å². The predicted molar refractivity (Wildman–Crippen MR) is 70.8 cm³/mol. The number of nitriles is 1. The largest absolute Gasteiger partial charge is 0.454 e. The first-order valence-corrected chi connectivity index (χ1v) is 6.58. The summed E-state index contributed by atoms with van der Waals surface area (Å²) in [6.07, 6.45) is 2.82. The lowest BCUT2D eigenvalue weighted by atomic mass is 10.1. The molecule has 0 N–H and O–H groups in total. The predicted octanol–water partition coefficient (Wildman–Crippen LogP) is 2.21. The summed E-state index contributed by atoms with van der Waals surface area (Å²) in [5, 5.41) is 17.1. The second-order valence-electron chi connectivity index (χ2n) is 4.55. The van der Waals surface area contributed by atoms with Crippen LogP contribution >= 0.6 is 0 Å². The van der Waals surface area contributed by atoms with E-state index in [1.807, 2.05) is 18.2 Å². The molecule has 0 amide bonds. The molecule has 6 nitrogen and oxygen atoms in total. The molecule has 0 aliphatic carbocycles. The van der Waals surface area contributed by atoms with E-state index in [-0.39, 0.29) is 6.79 Å². The molecular formula is C14H14N4O2. The molecule has 0 fully saturated rings. The molecule has 1 aromatic heterocycles. The van der Waals surface area contributed by atoms with Crippen LogP contribution < -0.4 is 9.47 Å². The zero-order valence-electron chi connectivity index (χ0n) is 11.2. The second kappa shape index (κ2) is 5.21. The molecule has 0 unspecified atom stereocenters. The van der Waals surface area contributed by atoms with Gasteiger partial charge in [-0.3, -0.25) is 0 Å². The third-order valence-electron chi connectivity index (χ3n) is 3.24. The molecule has 0 bridgehead atoms. The van der Waals surface area contributed by atoms with Gasteiger partial charge in [0.2, 0.25) is 6.79 Å². The number of ether oxygens (including phenoxy) is 2. The molecule has 3 rings (SSSR count). The maximum Gasteiger partial charge on any atom is 0.231 e. The number of aromatic nitrogens is 3. The number of unbranched alkanes of at least 4 members (excludes halogenated alkanes) is 1. The minimum absolute atomic E-state index is 0.238. The van der Waals surface area contributed by atoms with Crippen LogP contribution in [0.15, 0.2) is 18.2 Å². The topological polar surface area (TPSA) is 73.0 Å². The van der Waals surface area contributed by atoms with Gasteiger partial charge < -0.3 is 9.47 Å². The van der Waals surface area contributed by atoms with Crippen LogP contribution in [0.25, 0.3) is 5.69 Å². The van der Waals surface area contributed by atoms with Crippen molar-refractivity contribution in [2.24, 2.45) is 0 Å². The number of hydrogen-bond donors (Lipinski definition) is 0. The molecule has 0 saturated carbocycles. The van der Waals surface area contributed by atoms with Crippen molar-refractivity contribution in [2.75, 3.05) is 6.79 Å². The molecule has 0 radical (unpaired) electrons. The average Bonchev–Trinajstić information content (AvgIpc) is 3.10. The quantitative estimate of drug-likeness (QED) is 0.851. The van der Waals surface area contributed by atoms with E-state index in [2.05, 4.69) is 23.3 Å². The number of nitrogens with zero attached hydrogens (tertiary/aromatic N) is 4.